The first-order valence-electron chi connectivity index (χ1n) is 9.86. The van der Waals surface area contributed by atoms with E-state index in [1.54, 1.807) is 7.11 Å². The second-order valence-corrected chi connectivity index (χ2v) is 7.66. The van der Waals surface area contributed by atoms with Gasteiger partial charge in [-0.25, -0.2) is 0 Å². The number of carbonyl (C=O) groups excluding carboxylic acids is 1. The van der Waals surface area contributed by atoms with E-state index in [-0.39, 0.29) is 18.1 Å². The lowest BCUT2D eigenvalue weighted by Crippen LogP contribution is -2.51. The minimum atomic E-state index is -0.138. The van der Waals surface area contributed by atoms with E-state index in [1.807, 2.05) is 61.5 Å². The van der Waals surface area contributed by atoms with Crippen molar-refractivity contribution in [2.75, 3.05) is 40.9 Å². The highest BCUT2D eigenvalue weighted by Crippen LogP contribution is 2.32. The largest absolute Gasteiger partial charge is 0.497 e. The normalized spacial score (nSPS) is 19.7. The highest BCUT2D eigenvalue weighted by Gasteiger charge is 2.37. The molecule has 0 bridgehead atoms. The van der Waals surface area contributed by atoms with Gasteiger partial charge in [-0.2, -0.15) is 0 Å². The summed E-state index contributed by atoms with van der Waals surface area (Å²) in [6.07, 6.45) is -0.0884. The Bertz CT molecular complexity index is 983. The molecule has 0 saturated carbocycles. The van der Waals surface area contributed by atoms with E-state index in [0.717, 1.165) is 28.8 Å². The van der Waals surface area contributed by atoms with Crippen molar-refractivity contribution >= 4 is 16.8 Å². The fourth-order valence-electron chi connectivity index (χ4n) is 4.03. The molecule has 2 heterocycles. The van der Waals surface area contributed by atoms with Gasteiger partial charge < -0.3 is 24.3 Å². The van der Waals surface area contributed by atoms with Crippen molar-refractivity contribution in [3.05, 3.63) is 65.9 Å². The van der Waals surface area contributed by atoms with Gasteiger partial charge in [0.15, 0.2) is 0 Å². The molecule has 2 atom stereocenters. The summed E-state index contributed by atoms with van der Waals surface area (Å²) in [5.41, 5.74) is 2.59. The molecule has 1 N–H and O–H groups in total. The molecule has 0 unspecified atom stereocenters. The Kier molecular flexibility index (Phi) is 5.56. The Balaban J connectivity index is 1.69. The number of nitrogens with zero attached hydrogens (tertiary/aromatic N) is 2. The molecule has 2 aromatic carbocycles. The van der Waals surface area contributed by atoms with Gasteiger partial charge in [0, 0.05) is 24.0 Å². The van der Waals surface area contributed by atoms with Crippen LogP contribution in [-0.4, -0.2) is 67.7 Å². The molecule has 1 amide bonds. The van der Waals surface area contributed by atoms with Crippen LogP contribution in [0.1, 0.15) is 22.1 Å². The van der Waals surface area contributed by atoms with Crippen molar-refractivity contribution in [1.82, 2.24) is 14.8 Å². The molecular weight excluding hydrogens is 366 g/mol. The quantitative estimate of drug-likeness (QED) is 0.723. The van der Waals surface area contributed by atoms with Crippen LogP contribution in [0.4, 0.5) is 0 Å². The summed E-state index contributed by atoms with van der Waals surface area (Å²) >= 11 is 0. The van der Waals surface area contributed by atoms with E-state index in [9.17, 15) is 4.79 Å². The zero-order valence-corrected chi connectivity index (χ0v) is 17.1. The van der Waals surface area contributed by atoms with Crippen LogP contribution in [0.2, 0.25) is 0 Å². The monoisotopic (exact) mass is 393 g/mol. The zero-order valence-electron chi connectivity index (χ0n) is 17.1. The first kappa shape index (κ1) is 19.5. The minimum Gasteiger partial charge on any atom is -0.497 e. The number of carbonyl (C=O) groups is 1. The van der Waals surface area contributed by atoms with Crippen LogP contribution in [0.5, 0.6) is 5.75 Å². The van der Waals surface area contributed by atoms with Gasteiger partial charge in [-0.3, -0.25) is 4.79 Å². The number of aromatic nitrogens is 1. The van der Waals surface area contributed by atoms with Crippen LogP contribution in [0.15, 0.2) is 54.6 Å². The molecular formula is C23H27N3O3. The Morgan fingerprint density at radius 1 is 1.21 bits per heavy atom. The Hall–Kier alpha value is -2.83. The average Bonchev–Trinajstić information content (AvgIpc) is 3.16. The molecule has 3 aromatic rings. The minimum absolute atomic E-state index is 0.0129. The van der Waals surface area contributed by atoms with Crippen molar-refractivity contribution in [2.24, 2.45) is 0 Å². The van der Waals surface area contributed by atoms with Crippen LogP contribution >= 0.6 is 0 Å². The number of fused-ring (bicyclic) bond motifs is 1. The molecule has 1 aromatic heterocycles. The predicted molar refractivity (Wildman–Crippen MR) is 113 cm³/mol. The van der Waals surface area contributed by atoms with Crippen LogP contribution < -0.4 is 4.74 Å². The zero-order chi connectivity index (χ0) is 20.4. The number of morpholine rings is 1. The van der Waals surface area contributed by atoms with Gasteiger partial charge in [0.25, 0.3) is 5.91 Å². The van der Waals surface area contributed by atoms with E-state index >= 15 is 0 Å². The van der Waals surface area contributed by atoms with E-state index in [4.69, 9.17) is 9.47 Å². The number of amides is 1. The number of H-pyrrole nitrogens is 1. The van der Waals surface area contributed by atoms with Crippen LogP contribution in [0.3, 0.4) is 0 Å². The summed E-state index contributed by atoms with van der Waals surface area (Å²) < 4.78 is 11.4. The number of hydrogen-bond donors (Lipinski definition) is 1. The van der Waals surface area contributed by atoms with Crippen LogP contribution in [0, 0.1) is 0 Å². The molecule has 4 rings (SSSR count). The second kappa shape index (κ2) is 8.27. The summed E-state index contributed by atoms with van der Waals surface area (Å²) in [6, 6.07) is 17.7. The maximum atomic E-state index is 13.5. The molecule has 0 spiro atoms. The number of hydrogen-bond acceptors (Lipinski definition) is 4. The third-order valence-electron chi connectivity index (χ3n) is 5.36. The fourth-order valence-corrected chi connectivity index (χ4v) is 4.03. The number of rotatable bonds is 5. The van der Waals surface area contributed by atoms with Gasteiger partial charge >= 0.3 is 0 Å². The van der Waals surface area contributed by atoms with E-state index < -0.39 is 0 Å². The van der Waals surface area contributed by atoms with Crippen molar-refractivity contribution in [3.63, 3.8) is 0 Å². The molecule has 0 aliphatic carbocycles. The van der Waals surface area contributed by atoms with Gasteiger partial charge in [-0.05, 0) is 43.9 Å². The highest BCUT2D eigenvalue weighted by molar-refractivity contribution is 5.98. The fraction of sp³-hybridized carbons (Fsp3) is 0.348. The molecule has 1 aliphatic heterocycles. The van der Waals surface area contributed by atoms with Crippen LogP contribution in [0.25, 0.3) is 10.9 Å². The summed E-state index contributed by atoms with van der Waals surface area (Å²) in [5, 5.41) is 0.960. The molecule has 1 saturated heterocycles. The maximum Gasteiger partial charge on any atom is 0.270 e. The van der Waals surface area contributed by atoms with E-state index in [2.05, 4.69) is 22.0 Å². The topological polar surface area (TPSA) is 57.8 Å². The first-order valence-corrected chi connectivity index (χ1v) is 9.86. The SMILES string of the molecule is COc1ccc2[nH]c(C(=O)N3CCO[C@@H](CN(C)C)[C@@H]3c3ccccc3)cc2c1. The van der Waals surface area contributed by atoms with Crippen molar-refractivity contribution in [1.29, 1.82) is 0 Å². The summed E-state index contributed by atoms with van der Waals surface area (Å²) in [6.45, 7) is 1.83. The molecule has 152 valence electrons. The Morgan fingerprint density at radius 2 is 2.00 bits per heavy atom. The number of benzene rings is 2. The van der Waals surface area contributed by atoms with E-state index in [0.29, 0.717) is 18.8 Å². The molecule has 6 nitrogen and oxygen atoms in total. The van der Waals surface area contributed by atoms with E-state index in [1.165, 1.54) is 0 Å². The Morgan fingerprint density at radius 3 is 2.72 bits per heavy atom. The van der Waals surface area contributed by atoms with Crippen molar-refractivity contribution < 1.29 is 14.3 Å². The number of ether oxygens (including phenoxy) is 2. The smallest absolute Gasteiger partial charge is 0.270 e. The lowest BCUT2D eigenvalue weighted by molar-refractivity contribution is -0.0685. The number of aromatic amines is 1. The molecule has 29 heavy (non-hydrogen) atoms. The van der Waals surface area contributed by atoms with Gasteiger partial charge in [-0.15, -0.1) is 0 Å². The maximum absolute atomic E-state index is 13.5. The predicted octanol–water partition coefficient (Wildman–Crippen LogP) is 3.32. The molecule has 1 fully saturated rings. The molecule has 6 heteroatoms. The van der Waals surface area contributed by atoms with Gasteiger partial charge in [0.1, 0.15) is 11.4 Å². The molecule has 1 aliphatic rings. The highest BCUT2D eigenvalue weighted by atomic mass is 16.5. The Labute approximate surface area is 171 Å². The van der Waals surface area contributed by atoms with Gasteiger partial charge in [0.2, 0.25) is 0 Å². The van der Waals surface area contributed by atoms with Crippen molar-refractivity contribution in [2.45, 2.75) is 12.1 Å². The summed E-state index contributed by atoms with van der Waals surface area (Å²) in [5.74, 6) is 0.760. The van der Waals surface area contributed by atoms with Crippen LogP contribution in [-0.2, 0) is 4.74 Å². The lowest BCUT2D eigenvalue weighted by Gasteiger charge is -2.42. The molecule has 0 radical (unpaired) electrons. The van der Waals surface area contributed by atoms with Gasteiger partial charge in [0.05, 0.1) is 25.9 Å². The number of methoxy groups -OCH3 is 1. The third-order valence-corrected chi connectivity index (χ3v) is 5.36. The second-order valence-electron chi connectivity index (χ2n) is 7.66. The van der Waals surface area contributed by atoms with Gasteiger partial charge in [-0.1, -0.05) is 30.3 Å². The number of likely N-dealkylation sites (N-methyl/N-ethyl adjacent to an activating group) is 1. The summed E-state index contributed by atoms with van der Waals surface area (Å²) in [7, 11) is 5.69. The first-order chi connectivity index (χ1) is 14.1. The lowest BCUT2D eigenvalue weighted by atomic mass is 9.97. The third kappa shape index (κ3) is 3.99. The summed E-state index contributed by atoms with van der Waals surface area (Å²) in [4.78, 5) is 20.8. The standard InChI is InChI=1S/C23H27N3O3/c1-25(2)15-21-22(16-7-5-4-6-8-16)26(11-12-29-21)23(27)20-14-17-13-18(28-3)9-10-19(17)24-20/h4-10,13-14,21-22,24H,11-12,15H2,1-3H3/t21-,22-/m0/s1. The number of nitrogens with one attached hydrogen (secondary N) is 1. The average molecular weight is 393 g/mol. The van der Waals surface area contributed by atoms with Crippen molar-refractivity contribution in [3.8, 4) is 5.75 Å².